The Hall–Kier alpha value is -3.72. The topological polar surface area (TPSA) is 109 Å². The number of carbonyl (C=O) groups excluding carboxylic acids is 2. The average molecular weight is 494 g/mol. The molecule has 9 heteroatoms. The van der Waals surface area contributed by atoms with Gasteiger partial charge in [-0.2, -0.15) is 0 Å². The second-order valence-electron chi connectivity index (χ2n) is 8.32. The summed E-state index contributed by atoms with van der Waals surface area (Å²) < 4.78 is 5.55. The number of hydrogen-bond donors (Lipinski definition) is 2. The van der Waals surface area contributed by atoms with Gasteiger partial charge in [0.15, 0.2) is 0 Å². The summed E-state index contributed by atoms with van der Waals surface area (Å²) in [5.74, 6) is -1.46. The van der Waals surface area contributed by atoms with E-state index < -0.39 is 12.1 Å². The Morgan fingerprint density at radius 1 is 1.09 bits per heavy atom. The maximum atomic E-state index is 12.8. The molecule has 4 rings (SSSR count). The van der Waals surface area contributed by atoms with Crippen molar-refractivity contribution in [2.24, 2.45) is 0 Å². The van der Waals surface area contributed by atoms with Crippen LogP contribution in [0.25, 0.3) is 11.1 Å². The van der Waals surface area contributed by atoms with Crippen molar-refractivity contribution in [3.05, 3.63) is 75.2 Å². The molecule has 0 radical (unpaired) electrons. The molecule has 0 unspecified atom stereocenters. The molecule has 3 aromatic rings. The van der Waals surface area contributed by atoms with Crippen LogP contribution in [0.3, 0.4) is 0 Å². The number of rotatable bonds is 9. The highest BCUT2D eigenvalue weighted by molar-refractivity contribution is 7.13. The van der Waals surface area contributed by atoms with Gasteiger partial charge in [-0.15, -0.1) is 11.3 Å². The van der Waals surface area contributed by atoms with Gasteiger partial charge in [-0.05, 0) is 35.6 Å². The normalized spacial score (nSPS) is 12.1. The zero-order chi connectivity index (χ0) is 24.9. The third-order valence-corrected chi connectivity index (χ3v) is 7.02. The van der Waals surface area contributed by atoms with Crippen LogP contribution in [-0.2, 0) is 16.1 Å². The molecule has 0 aliphatic heterocycles. The van der Waals surface area contributed by atoms with E-state index in [0.29, 0.717) is 28.5 Å². The van der Waals surface area contributed by atoms with Crippen LogP contribution in [0.15, 0.2) is 48.5 Å². The van der Waals surface area contributed by atoms with E-state index in [-0.39, 0.29) is 31.5 Å². The van der Waals surface area contributed by atoms with Gasteiger partial charge in [0.2, 0.25) is 0 Å². The lowest BCUT2D eigenvalue weighted by Gasteiger charge is -2.19. The van der Waals surface area contributed by atoms with Crippen LogP contribution >= 0.6 is 11.3 Å². The van der Waals surface area contributed by atoms with Crippen LogP contribution in [0.2, 0.25) is 0 Å². The number of aryl methyl sites for hydroxylation is 1. The molecule has 2 N–H and O–H groups in total. The molecule has 0 saturated heterocycles. The van der Waals surface area contributed by atoms with Crippen molar-refractivity contribution < 1.29 is 24.2 Å². The highest BCUT2D eigenvalue weighted by Crippen LogP contribution is 2.44. The molecule has 1 aromatic heterocycles. The largest absolute Gasteiger partial charge is 0.480 e. The molecule has 0 atom stereocenters. The summed E-state index contributed by atoms with van der Waals surface area (Å²) in [4.78, 5) is 42.4. The van der Waals surface area contributed by atoms with Crippen molar-refractivity contribution in [2.75, 3.05) is 19.7 Å². The lowest BCUT2D eigenvalue weighted by molar-refractivity contribution is -0.137. The lowest BCUT2D eigenvalue weighted by atomic mass is 9.98. The van der Waals surface area contributed by atoms with E-state index >= 15 is 0 Å². The fraction of sp³-hybridized carbons (Fsp3) is 0.308. The Morgan fingerprint density at radius 3 is 2.31 bits per heavy atom. The minimum atomic E-state index is -1.06. The molecule has 35 heavy (non-hydrogen) atoms. The minimum Gasteiger partial charge on any atom is -0.480 e. The summed E-state index contributed by atoms with van der Waals surface area (Å²) in [6.45, 7) is 3.88. The van der Waals surface area contributed by atoms with Gasteiger partial charge < -0.3 is 20.1 Å². The first kappa shape index (κ1) is 24.4. The zero-order valence-electron chi connectivity index (χ0n) is 19.6. The van der Waals surface area contributed by atoms with Crippen molar-refractivity contribution in [2.45, 2.75) is 32.7 Å². The Labute approximate surface area is 207 Å². The van der Waals surface area contributed by atoms with Crippen LogP contribution in [0, 0.1) is 6.92 Å². The van der Waals surface area contributed by atoms with Crippen molar-refractivity contribution in [1.82, 2.24) is 15.2 Å². The summed E-state index contributed by atoms with van der Waals surface area (Å²) in [5, 5.41) is 12.3. The number of aliphatic carboxylic acids is 1. The molecule has 0 bridgehead atoms. The van der Waals surface area contributed by atoms with Crippen LogP contribution in [0.5, 0.6) is 0 Å². The highest BCUT2D eigenvalue weighted by atomic mass is 32.1. The van der Waals surface area contributed by atoms with E-state index in [9.17, 15) is 14.4 Å². The first-order valence-corrected chi connectivity index (χ1v) is 12.3. The monoisotopic (exact) mass is 493 g/mol. The predicted molar refractivity (Wildman–Crippen MR) is 133 cm³/mol. The van der Waals surface area contributed by atoms with Gasteiger partial charge in [0.25, 0.3) is 5.91 Å². The molecule has 8 nitrogen and oxygen atoms in total. The van der Waals surface area contributed by atoms with E-state index in [2.05, 4.69) is 34.6 Å². The summed E-state index contributed by atoms with van der Waals surface area (Å²) in [7, 11) is 0. The van der Waals surface area contributed by atoms with E-state index in [1.165, 1.54) is 4.90 Å². The van der Waals surface area contributed by atoms with Crippen LogP contribution in [0.1, 0.15) is 50.8 Å². The molecule has 0 saturated carbocycles. The van der Waals surface area contributed by atoms with Gasteiger partial charge >= 0.3 is 12.1 Å². The number of carboxylic acids is 1. The molecular formula is C26H27N3O5S. The number of benzene rings is 2. The standard InChI is InChI=1S/C26H27N3O5S/c1-3-12-29(14-23(30)31)25(32)24-16(2)28-22(35-24)13-27-26(33)34-15-21-19-10-6-4-8-17(19)18-9-5-7-11-20(18)21/h4-11,21H,3,12-15H2,1-2H3,(H,27,33)(H,30,31). The van der Waals surface area contributed by atoms with Gasteiger partial charge in [0.1, 0.15) is 23.0 Å². The zero-order valence-corrected chi connectivity index (χ0v) is 20.4. The Balaban J connectivity index is 1.36. The Kier molecular flexibility index (Phi) is 7.45. The SMILES string of the molecule is CCCN(CC(=O)O)C(=O)c1sc(CNC(=O)OCC2c3ccccc3-c3ccccc32)nc1C. The molecule has 1 heterocycles. The number of hydrogen-bond acceptors (Lipinski definition) is 6. The molecule has 1 aliphatic rings. The van der Waals surface area contributed by atoms with Crippen LogP contribution < -0.4 is 5.32 Å². The van der Waals surface area contributed by atoms with E-state index in [4.69, 9.17) is 9.84 Å². The fourth-order valence-corrected chi connectivity index (χ4v) is 5.33. The quantitative estimate of drug-likeness (QED) is 0.457. The maximum Gasteiger partial charge on any atom is 0.407 e. The van der Waals surface area contributed by atoms with Crippen LogP contribution in [0.4, 0.5) is 4.79 Å². The van der Waals surface area contributed by atoms with Crippen molar-refractivity contribution >= 4 is 29.3 Å². The highest BCUT2D eigenvalue weighted by Gasteiger charge is 2.29. The molecule has 2 aromatic carbocycles. The first-order valence-electron chi connectivity index (χ1n) is 11.4. The number of thiazole rings is 1. The second kappa shape index (κ2) is 10.7. The Morgan fingerprint density at radius 2 is 1.71 bits per heavy atom. The number of nitrogens with zero attached hydrogens (tertiary/aromatic N) is 2. The number of fused-ring (bicyclic) bond motifs is 3. The number of amides is 2. The number of ether oxygens (including phenoxy) is 1. The molecule has 1 aliphatic carbocycles. The summed E-state index contributed by atoms with van der Waals surface area (Å²) in [6.07, 6.45) is 0.0821. The minimum absolute atomic E-state index is 0.0294. The van der Waals surface area contributed by atoms with Gasteiger partial charge in [0.05, 0.1) is 12.2 Å². The summed E-state index contributed by atoms with van der Waals surface area (Å²) in [6, 6.07) is 16.3. The maximum absolute atomic E-state index is 12.8. The van der Waals surface area contributed by atoms with Crippen molar-refractivity contribution in [1.29, 1.82) is 0 Å². The van der Waals surface area contributed by atoms with Gasteiger partial charge in [-0.3, -0.25) is 9.59 Å². The number of aromatic nitrogens is 1. The lowest BCUT2D eigenvalue weighted by Crippen LogP contribution is -2.36. The van der Waals surface area contributed by atoms with Gasteiger partial charge in [0, 0.05) is 12.5 Å². The molecule has 2 amide bonds. The summed E-state index contributed by atoms with van der Waals surface area (Å²) >= 11 is 1.15. The average Bonchev–Trinajstić information content (AvgIpc) is 3.38. The molecule has 0 spiro atoms. The van der Waals surface area contributed by atoms with E-state index in [1.807, 2.05) is 31.2 Å². The van der Waals surface area contributed by atoms with E-state index in [1.54, 1.807) is 6.92 Å². The fourth-order valence-electron chi connectivity index (χ4n) is 4.35. The Bertz CT molecular complexity index is 1210. The second-order valence-corrected chi connectivity index (χ2v) is 9.41. The summed E-state index contributed by atoms with van der Waals surface area (Å²) in [5.41, 5.74) is 5.10. The molecule has 0 fully saturated rings. The third-order valence-electron chi connectivity index (χ3n) is 5.87. The molecule has 182 valence electrons. The van der Waals surface area contributed by atoms with Crippen molar-refractivity contribution in [3.8, 4) is 11.1 Å². The number of alkyl carbamates (subject to hydrolysis) is 1. The number of carboxylic acid groups (broad SMARTS) is 1. The van der Waals surface area contributed by atoms with Gasteiger partial charge in [-0.1, -0.05) is 55.5 Å². The number of nitrogens with one attached hydrogen (secondary N) is 1. The van der Waals surface area contributed by atoms with Crippen LogP contribution in [-0.4, -0.2) is 52.7 Å². The molecular weight excluding hydrogens is 466 g/mol. The van der Waals surface area contributed by atoms with Crippen molar-refractivity contribution in [3.63, 3.8) is 0 Å². The number of carbonyl (C=O) groups is 3. The third kappa shape index (κ3) is 5.35. The predicted octanol–water partition coefficient (Wildman–Crippen LogP) is 4.43. The first-order chi connectivity index (χ1) is 16.9. The smallest absolute Gasteiger partial charge is 0.407 e. The van der Waals surface area contributed by atoms with E-state index in [0.717, 1.165) is 33.6 Å². The van der Waals surface area contributed by atoms with Gasteiger partial charge in [-0.25, -0.2) is 9.78 Å².